The Hall–Kier alpha value is -6.02. The van der Waals surface area contributed by atoms with Crippen LogP contribution in [0, 0.1) is 12.8 Å². The number of esters is 2. The van der Waals surface area contributed by atoms with E-state index in [1.54, 1.807) is 36.4 Å². The van der Waals surface area contributed by atoms with Crippen LogP contribution in [0.5, 0.6) is 17.2 Å². The summed E-state index contributed by atoms with van der Waals surface area (Å²) in [7, 11) is 0. The number of aryl methyl sites for hydroxylation is 1. The van der Waals surface area contributed by atoms with Gasteiger partial charge >= 0.3 is 11.9 Å². The summed E-state index contributed by atoms with van der Waals surface area (Å²) in [5.74, 6) is -0.855. The molecular formula is C39H31NO7. The number of anilines is 1. The molecule has 5 aromatic rings. The third-order valence-electron chi connectivity index (χ3n) is 7.83. The Morgan fingerprint density at radius 1 is 0.723 bits per heavy atom. The summed E-state index contributed by atoms with van der Waals surface area (Å²) in [5.41, 5.74) is 4.37. The first-order valence-corrected chi connectivity index (χ1v) is 15.2. The highest BCUT2D eigenvalue weighted by Crippen LogP contribution is 2.34. The van der Waals surface area contributed by atoms with E-state index >= 15 is 0 Å². The fraction of sp³-hybridized carbons (Fsp3) is 0.128. The number of ketones is 1. The second-order valence-corrected chi connectivity index (χ2v) is 11.2. The zero-order valence-corrected chi connectivity index (χ0v) is 25.6. The number of rotatable bonds is 10. The fourth-order valence-corrected chi connectivity index (χ4v) is 5.25. The molecule has 0 aliphatic carbocycles. The molecule has 1 saturated heterocycles. The Kier molecular flexibility index (Phi) is 9.20. The van der Waals surface area contributed by atoms with Gasteiger partial charge in [0.05, 0.1) is 11.5 Å². The largest absolute Gasteiger partial charge is 0.457 e. The maximum Gasteiger partial charge on any atom is 0.343 e. The lowest BCUT2D eigenvalue weighted by Crippen LogP contribution is -2.27. The molecule has 1 amide bonds. The van der Waals surface area contributed by atoms with Gasteiger partial charge in [0.15, 0.2) is 12.4 Å². The Morgan fingerprint density at radius 3 is 2.09 bits per heavy atom. The summed E-state index contributed by atoms with van der Waals surface area (Å²) < 4.78 is 16.8. The predicted octanol–water partition coefficient (Wildman–Crippen LogP) is 7.45. The molecule has 0 radical (unpaired) electrons. The number of hydrogen-bond donors (Lipinski definition) is 0. The summed E-state index contributed by atoms with van der Waals surface area (Å²) >= 11 is 0. The lowest BCUT2D eigenvalue weighted by atomic mass is 10.0. The molecule has 6 rings (SSSR count). The molecule has 0 bridgehead atoms. The molecule has 0 N–H and O–H groups in total. The van der Waals surface area contributed by atoms with Crippen molar-refractivity contribution in [1.29, 1.82) is 0 Å². The van der Waals surface area contributed by atoms with Gasteiger partial charge in [-0.05, 0) is 79.2 Å². The Bertz CT molecular complexity index is 1900. The van der Waals surface area contributed by atoms with E-state index in [0.29, 0.717) is 28.3 Å². The van der Waals surface area contributed by atoms with Crippen molar-refractivity contribution in [2.45, 2.75) is 13.3 Å². The first-order valence-electron chi connectivity index (χ1n) is 15.2. The number of hydrogen-bond acceptors (Lipinski definition) is 7. The van der Waals surface area contributed by atoms with Crippen LogP contribution < -0.4 is 14.4 Å². The van der Waals surface area contributed by atoms with E-state index in [2.05, 4.69) is 0 Å². The van der Waals surface area contributed by atoms with Gasteiger partial charge in [-0.15, -0.1) is 0 Å². The normalized spacial score (nSPS) is 14.0. The Morgan fingerprint density at radius 2 is 1.36 bits per heavy atom. The van der Waals surface area contributed by atoms with Crippen molar-refractivity contribution in [2.24, 2.45) is 5.92 Å². The molecule has 1 aliphatic heterocycles. The third kappa shape index (κ3) is 7.45. The molecule has 0 aromatic heterocycles. The topological polar surface area (TPSA) is 99.2 Å². The third-order valence-corrected chi connectivity index (χ3v) is 7.83. The van der Waals surface area contributed by atoms with Gasteiger partial charge in [-0.1, -0.05) is 66.2 Å². The van der Waals surface area contributed by atoms with Crippen LogP contribution in [-0.2, 0) is 14.3 Å². The van der Waals surface area contributed by atoms with Crippen molar-refractivity contribution < 1.29 is 33.4 Å². The minimum Gasteiger partial charge on any atom is -0.457 e. The van der Waals surface area contributed by atoms with Gasteiger partial charge in [0.2, 0.25) is 5.91 Å². The summed E-state index contributed by atoms with van der Waals surface area (Å²) in [4.78, 5) is 52.2. The van der Waals surface area contributed by atoms with E-state index in [0.717, 1.165) is 16.7 Å². The van der Waals surface area contributed by atoms with Crippen LogP contribution >= 0.6 is 0 Å². The maximum absolute atomic E-state index is 12.8. The van der Waals surface area contributed by atoms with Crippen LogP contribution in [0.2, 0.25) is 0 Å². The van der Waals surface area contributed by atoms with E-state index in [9.17, 15) is 19.2 Å². The lowest BCUT2D eigenvalue weighted by Gasteiger charge is -2.17. The van der Waals surface area contributed by atoms with Crippen molar-refractivity contribution in [3.8, 4) is 28.4 Å². The van der Waals surface area contributed by atoms with E-state index < -0.39 is 30.2 Å². The predicted molar refractivity (Wildman–Crippen MR) is 177 cm³/mol. The van der Waals surface area contributed by atoms with E-state index in [4.69, 9.17) is 14.2 Å². The van der Waals surface area contributed by atoms with Crippen LogP contribution in [0.15, 0.2) is 127 Å². The second-order valence-electron chi connectivity index (χ2n) is 11.2. The molecule has 8 nitrogen and oxygen atoms in total. The number of amides is 1. The summed E-state index contributed by atoms with van der Waals surface area (Å²) in [6.07, 6.45) is -0.0171. The number of carbonyl (C=O) groups is 4. The molecule has 0 spiro atoms. The molecule has 1 atom stereocenters. The Labute approximate surface area is 272 Å². The van der Waals surface area contributed by atoms with Crippen molar-refractivity contribution in [3.63, 3.8) is 0 Å². The molecular weight excluding hydrogens is 594 g/mol. The Balaban J connectivity index is 1.00. The van der Waals surface area contributed by atoms with Gasteiger partial charge in [0.25, 0.3) is 0 Å². The zero-order chi connectivity index (χ0) is 32.8. The molecule has 0 unspecified atom stereocenters. The quantitative estimate of drug-likeness (QED) is 0.0903. The lowest BCUT2D eigenvalue weighted by molar-refractivity contribution is -0.147. The molecule has 8 heteroatoms. The molecule has 1 heterocycles. The SMILES string of the molecule is Cc1ccc(C(=O)Oc2ccc(C(=O)COC(=O)[C@@H]3CC(=O)N(c4ccc(Oc5ccccc5-c5ccccc5)cc4)C3)cc2)cc1. The number of Topliss-reactive ketones (excluding diaryl/α,β-unsaturated/α-hetero) is 1. The van der Waals surface area contributed by atoms with E-state index in [-0.39, 0.29) is 24.6 Å². The first-order chi connectivity index (χ1) is 22.8. The second kappa shape index (κ2) is 14.0. The number of para-hydroxylation sites is 1. The van der Waals surface area contributed by atoms with Crippen molar-refractivity contribution in [2.75, 3.05) is 18.1 Å². The van der Waals surface area contributed by atoms with Crippen molar-refractivity contribution >= 4 is 29.3 Å². The molecule has 1 aliphatic rings. The number of nitrogens with zero attached hydrogens (tertiary/aromatic N) is 1. The summed E-state index contributed by atoms with van der Waals surface area (Å²) in [6, 6.07) is 37.9. The van der Waals surface area contributed by atoms with Gasteiger partial charge < -0.3 is 19.1 Å². The molecule has 0 saturated carbocycles. The minimum absolute atomic E-state index is 0.0171. The maximum atomic E-state index is 12.8. The monoisotopic (exact) mass is 625 g/mol. The summed E-state index contributed by atoms with van der Waals surface area (Å²) in [6.45, 7) is 1.60. The van der Waals surface area contributed by atoms with Crippen LogP contribution in [0.25, 0.3) is 11.1 Å². The number of ether oxygens (including phenoxy) is 3. The van der Waals surface area contributed by atoms with Crippen LogP contribution in [0.1, 0.15) is 32.7 Å². The molecule has 1 fully saturated rings. The first kappa shape index (κ1) is 31.0. The van der Waals surface area contributed by atoms with Crippen LogP contribution in [0.3, 0.4) is 0 Å². The van der Waals surface area contributed by atoms with Gasteiger partial charge in [0, 0.05) is 29.8 Å². The highest BCUT2D eigenvalue weighted by atomic mass is 16.5. The van der Waals surface area contributed by atoms with Gasteiger partial charge in [0.1, 0.15) is 17.2 Å². The van der Waals surface area contributed by atoms with Crippen molar-refractivity contribution in [3.05, 3.63) is 144 Å². The van der Waals surface area contributed by atoms with Crippen LogP contribution in [0.4, 0.5) is 5.69 Å². The van der Waals surface area contributed by atoms with Gasteiger partial charge in [-0.2, -0.15) is 0 Å². The number of carbonyl (C=O) groups excluding carboxylic acids is 4. The van der Waals surface area contributed by atoms with Crippen LogP contribution in [-0.4, -0.2) is 36.8 Å². The highest BCUT2D eigenvalue weighted by molar-refractivity contribution is 6.01. The van der Waals surface area contributed by atoms with E-state index in [1.807, 2.05) is 73.7 Å². The highest BCUT2D eigenvalue weighted by Gasteiger charge is 2.36. The summed E-state index contributed by atoms with van der Waals surface area (Å²) in [5, 5.41) is 0. The molecule has 47 heavy (non-hydrogen) atoms. The standard InChI is InChI=1S/C39H31NO7/c1-26-11-13-29(14-12-26)39(44)47-33-19-15-28(16-20-33)35(41)25-45-38(43)30-23-37(42)40(24-30)31-17-21-32(22-18-31)46-36-10-6-5-9-34(36)27-7-3-2-4-8-27/h2-22,30H,23-25H2,1H3/t30-/m1/s1. The minimum atomic E-state index is -0.701. The number of benzene rings is 5. The molecule has 5 aromatic carbocycles. The smallest absolute Gasteiger partial charge is 0.343 e. The van der Waals surface area contributed by atoms with Gasteiger partial charge in [-0.3, -0.25) is 14.4 Å². The fourth-order valence-electron chi connectivity index (χ4n) is 5.25. The van der Waals surface area contributed by atoms with E-state index in [1.165, 1.54) is 29.2 Å². The molecule has 234 valence electrons. The zero-order valence-electron chi connectivity index (χ0n) is 25.6. The van der Waals surface area contributed by atoms with Crippen molar-refractivity contribution in [1.82, 2.24) is 0 Å². The van der Waals surface area contributed by atoms with Gasteiger partial charge in [-0.25, -0.2) is 4.79 Å². The average molecular weight is 626 g/mol. The average Bonchev–Trinajstić information content (AvgIpc) is 3.50.